The van der Waals surface area contributed by atoms with Gasteiger partial charge in [0.25, 0.3) is 0 Å². The number of amides is 1. The van der Waals surface area contributed by atoms with E-state index in [1.165, 1.54) is 32.4 Å². The van der Waals surface area contributed by atoms with Crippen LogP contribution in [0, 0.1) is 0 Å². The summed E-state index contributed by atoms with van der Waals surface area (Å²) in [4.78, 5) is 18.1. The Bertz CT molecular complexity index is 1000. The number of carbonyl (C=O) groups is 1. The van der Waals surface area contributed by atoms with E-state index < -0.39 is 0 Å². The molecular formula is C29H39Cl2N3O2. The molecule has 2 aliphatic heterocycles. The number of ether oxygens (including phenoxy) is 1. The van der Waals surface area contributed by atoms with Crippen LogP contribution >= 0.6 is 23.2 Å². The van der Waals surface area contributed by atoms with Crippen molar-refractivity contribution in [3.63, 3.8) is 0 Å². The Kier molecular flexibility index (Phi) is 9.95. The molecule has 1 atom stereocenters. The van der Waals surface area contributed by atoms with Gasteiger partial charge in [-0.25, -0.2) is 0 Å². The lowest BCUT2D eigenvalue weighted by atomic mass is 9.96. The molecule has 0 aliphatic carbocycles. The highest BCUT2D eigenvalue weighted by Gasteiger charge is 2.30. The van der Waals surface area contributed by atoms with Gasteiger partial charge in [0.2, 0.25) is 5.91 Å². The number of hydrogen-bond donors (Lipinski definition) is 1. The van der Waals surface area contributed by atoms with Gasteiger partial charge in [0, 0.05) is 25.7 Å². The third kappa shape index (κ3) is 7.61. The molecule has 2 aromatic rings. The van der Waals surface area contributed by atoms with Crippen molar-refractivity contribution in [3.8, 4) is 5.75 Å². The van der Waals surface area contributed by atoms with Crippen molar-refractivity contribution in [2.45, 2.75) is 70.6 Å². The number of rotatable bonds is 9. The van der Waals surface area contributed by atoms with E-state index in [0.717, 1.165) is 42.8 Å². The number of hydrogen-bond acceptors (Lipinski definition) is 4. The molecule has 7 heteroatoms. The smallest absolute Gasteiger partial charge is 0.224 e. The highest BCUT2D eigenvalue weighted by atomic mass is 35.5. The minimum absolute atomic E-state index is 0.00459. The summed E-state index contributed by atoms with van der Waals surface area (Å²) in [5.41, 5.74) is 2.03. The van der Waals surface area contributed by atoms with E-state index in [9.17, 15) is 4.79 Å². The largest absolute Gasteiger partial charge is 0.491 e. The van der Waals surface area contributed by atoms with Gasteiger partial charge in [-0.3, -0.25) is 9.69 Å². The molecule has 2 aromatic carbocycles. The Morgan fingerprint density at radius 2 is 1.75 bits per heavy atom. The summed E-state index contributed by atoms with van der Waals surface area (Å²) in [6.07, 6.45) is 6.75. The second kappa shape index (κ2) is 13.1. The fourth-order valence-corrected chi connectivity index (χ4v) is 5.79. The van der Waals surface area contributed by atoms with Gasteiger partial charge in [-0.05, 0) is 88.0 Å². The Morgan fingerprint density at radius 3 is 2.44 bits per heavy atom. The van der Waals surface area contributed by atoms with Crippen molar-refractivity contribution in [3.05, 3.63) is 63.6 Å². The molecule has 2 saturated heterocycles. The van der Waals surface area contributed by atoms with Crippen LogP contribution in [-0.4, -0.2) is 60.6 Å². The Balaban J connectivity index is 1.39. The van der Waals surface area contributed by atoms with Crippen molar-refractivity contribution >= 4 is 29.1 Å². The lowest BCUT2D eigenvalue weighted by Crippen LogP contribution is -2.49. The van der Waals surface area contributed by atoms with Crippen LogP contribution in [0.3, 0.4) is 0 Å². The van der Waals surface area contributed by atoms with Crippen molar-refractivity contribution in [1.29, 1.82) is 0 Å². The zero-order chi connectivity index (χ0) is 25.5. The number of likely N-dealkylation sites (tertiary alicyclic amines) is 2. The van der Waals surface area contributed by atoms with E-state index in [1.54, 1.807) is 0 Å². The lowest BCUT2D eigenvalue weighted by Gasteiger charge is -2.43. The Hall–Kier alpha value is -1.79. The fourth-order valence-electron chi connectivity index (χ4n) is 5.48. The first-order chi connectivity index (χ1) is 17.4. The summed E-state index contributed by atoms with van der Waals surface area (Å²) in [5, 5.41) is 4.29. The zero-order valence-corrected chi connectivity index (χ0v) is 23.0. The van der Waals surface area contributed by atoms with E-state index >= 15 is 0 Å². The summed E-state index contributed by atoms with van der Waals surface area (Å²) in [6.45, 7) is 9.02. The summed E-state index contributed by atoms with van der Waals surface area (Å²) < 4.78 is 5.78. The third-order valence-corrected chi connectivity index (χ3v) is 8.04. The molecule has 196 valence electrons. The number of halogens is 2. The van der Waals surface area contributed by atoms with Crippen molar-refractivity contribution < 1.29 is 9.53 Å². The first-order valence-electron chi connectivity index (χ1n) is 13.3. The maximum Gasteiger partial charge on any atom is 0.224 e. The van der Waals surface area contributed by atoms with Crippen LogP contribution in [0.15, 0.2) is 42.5 Å². The third-order valence-electron chi connectivity index (χ3n) is 7.30. The quantitative estimate of drug-likeness (QED) is 0.422. The van der Waals surface area contributed by atoms with Crippen LogP contribution in [-0.2, 0) is 11.2 Å². The first-order valence-corrected chi connectivity index (χ1v) is 14.1. The predicted molar refractivity (Wildman–Crippen MR) is 148 cm³/mol. The number of nitrogens with one attached hydrogen (secondary N) is 1. The molecule has 0 aromatic heterocycles. The van der Waals surface area contributed by atoms with Crippen LogP contribution in [0.4, 0.5) is 0 Å². The Morgan fingerprint density at radius 1 is 1.00 bits per heavy atom. The minimum atomic E-state index is 0.00459. The second-order valence-electron chi connectivity index (χ2n) is 10.3. The Labute approximate surface area is 226 Å². The van der Waals surface area contributed by atoms with Gasteiger partial charge in [-0.2, -0.15) is 0 Å². The molecule has 36 heavy (non-hydrogen) atoms. The molecule has 2 aliphatic rings. The molecule has 0 spiro atoms. The maximum absolute atomic E-state index is 12.9. The molecule has 1 unspecified atom stereocenters. The van der Waals surface area contributed by atoms with Gasteiger partial charge in [-0.1, -0.05) is 47.8 Å². The number of piperidine rings is 2. The van der Waals surface area contributed by atoms with E-state index in [2.05, 4.69) is 15.1 Å². The molecule has 2 fully saturated rings. The SMILES string of the molecule is CC(C)Oc1cccc(CC(=O)NCC(c2ccc(Cl)c(Cl)c2)N2CCC(N3CCCCC3)CC2)c1. The normalized spacial score (nSPS) is 18.8. The van der Waals surface area contributed by atoms with Gasteiger partial charge in [0.15, 0.2) is 0 Å². The highest BCUT2D eigenvalue weighted by molar-refractivity contribution is 6.42. The first kappa shape index (κ1) is 27.3. The molecule has 0 bridgehead atoms. The second-order valence-corrected chi connectivity index (χ2v) is 11.2. The molecule has 2 heterocycles. The summed E-state index contributed by atoms with van der Waals surface area (Å²) >= 11 is 12.6. The van der Waals surface area contributed by atoms with Gasteiger partial charge < -0.3 is 15.0 Å². The van der Waals surface area contributed by atoms with E-state index in [-0.39, 0.29) is 18.1 Å². The van der Waals surface area contributed by atoms with Gasteiger partial charge in [0.05, 0.1) is 28.6 Å². The van der Waals surface area contributed by atoms with E-state index in [4.69, 9.17) is 27.9 Å². The van der Waals surface area contributed by atoms with Crippen molar-refractivity contribution in [1.82, 2.24) is 15.1 Å². The molecule has 1 amide bonds. The van der Waals surface area contributed by atoms with Crippen LogP contribution in [0.5, 0.6) is 5.75 Å². The van der Waals surface area contributed by atoms with Crippen LogP contribution in [0.1, 0.15) is 63.1 Å². The van der Waals surface area contributed by atoms with Gasteiger partial charge >= 0.3 is 0 Å². The molecular weight excluding hydrogens is 493 g/mol. The lowest BCUT2D eigenvalue weighted by molar-refractivity contribution is -0.120. The summed E-state index contributed by atoms with van der Waals surface area (Å²) in [7, 11) is 0. The summed E-state index contributed by atoms with van der Waals surface area (Å²) in [5.74, 6) is 0.797. The average Bonchev–Trinajstić information content (AvgIpc) is 2.87. The molecule has 0 radical (unpaired) electrons. The fraction of sp³-hybridized carbons (Fsp3) is 0.552. The molecule has 4 rings (SSSR count). The zero-order valence-electron chi connectivity index (χ0n) is 21.5. The highest BCUT2D eigenvalue weighted by Crippen LogP contribution is 2.31. The van der Waals surface area contributed by atoms with Crippen molar-refractivity contribution in [2.24, 2.45) is 0 Å². The number of benzene rings is 2. The molecule has 0 saturated carbocycles. The maximum atomic E-state index is 12.9. The van der Waals surface area contributed by atoms with Gasteiger partial charge in [-0.15, -0.1) is 0 Å². The van der Waals surface area contributed by atoms with E-state index in [1.807, 2.05) is 56.3 Å². The topological polar surface area (TPSA) is 44.8 Å². The van der Waals surface area contributed by atoms with Crippen LogP contribution < -0.4 is 10.1 Å². The van der Waals surface area contributed by atoms with E-state index in [0.29, 0.717) is 29.1 Å². The van der Waals surface area contributed by atoms with Crippen LogP contribution in [0.25, 0.3) is 0 Å². The minimum Gasteiger partial charge on any atom is -0.491 e. The predicted octanol–water partition coefficient (Wildman–Crippen LogP) is 6.13. The van der Waals surface area contributed by atoms with Gasteiger partial charge in [0.1, 0.15) is 5.75 Å². The molecule has 1 N–H and O–H groups in total. The standard InChI is InChI=1S/C29H39Cl2N3O2/c1-21(2)36-25-8-6-7-22(17-25)18-29(35)32-20-28(23-9-10-26(30)27(31)19-23)34-15-11-24(12-16-34)33-13-4-3-5-14-33/h6-10,17,19,21,24,28H,3-5,11-16,18,20H2,1-2H3,(H,32,35). The number of nitrogens with zero attached hydrogens (tertiary/aromatic N) is 2. The van der Waals surface area contributed by atoms with Crippen molar-refractivity contribution in [2.75, 3.05) is 32.7 Å². The summed E-state index contributed by atoms with van der Waals surface area (Å²) in [6, 6.07) is 14.3. The van der Waals surface area contributed by atoms with Crippen LogP contribution in [0.2, 0.25) is 10.0 Å². The average molecular weight is 533 g/mol. The monoisotopic (exact) mass is 531 g/mol. The molecule has 5 nitrogen and oxygen atoms in total. The number of carbonyl (C=O) groups excluding carboxylic acids is 1.